The van der Waals surface area contributed by atoms with Gasteiger partial charge in [0, 0.05) is 20.0 Å². The summed E-state index contributed by atoms with van der Waals surface area (Å²) in [5.74, 6) is 0.862. The van der Waals surface area contributed by atoms with Gasteiger partial charge in [0.25, 0.3) is 0 Å². The summed E-state index contributed by atoms with van der Waals surface area (Å²) in [5.41, 5.74) is 0. The fourth-order valence-corrected chi connectivity index (χ4v) is 1.25. The molecule has 0 heterocycles. The molecule has 14 heavy (non-hydrogen) atoms. The molecular formula is C11H24N2O. The van der Waals surface area contributed by atoms with Crippen LogP contribution in [-0.2, 0) is 4.79 Å². The van der Waals surface area contributed by atoms with E-state index >= 15 is 0 Å². The molecule has 0 saturated carbocycles. The third kappa shape index (κ3) is 11.4. The second-order valence-electron chi connectivity index (χ2n) is 4.12. The number of carbonyl (C=O) groups excluding carboxylic acids is 1. The van der Waals surface area contributed by atoms with Gasteiger partial charge in [0.05, 0.1) is 0 Å². The van der Waals surface area contributed by atoms with Gasteiger partial charge in [-0.2, -0.15) is 0 Å². The van der Waals surface area contributed by atoms with E-state index in [0.29, 0.717) is 0 Å². The van der Waals surface area contributed by atoms with Gasteiger partial charge in [-0.1, -0.05) is 26.7 Å². The molecule has 0 aromatic heterocycles. The van der Waals surface area contributed by atoms with Gasteiger partial charge in [-0.3, -0.25) is 4.79 Å². The zero-order valence-electron chi connectivity index (χ0n) is 9.73. The molecule has 0 aliphatic carbocycles. The largest absolute Gasteiger partial charge is 0.355 e. The molecule has 0 aliphatic rings. The van der Waals surface area contributed by atoms with Crippen molar-refractivity contribution >= 4 is 5.91 Å². The van der Waals surface area contributed by atoms with Crippen LogP contribution in [0.1, 0.15) is 40.0 Å². The monoisotopic (exact) mass is 200 g/mol. The Labute approximate surface area is 87.6 Å². The summed E-state index contributed by atoms with van der Waals surface area (Å²) in [7, 11) is 0. The first-order valence-corrected chi connectivity index (χ1v) is 5.58. The highest BCUT2D eigenvalue weighted by Gasteiger charge is 1.94. The normalized spacial score (nSPS) is 10.6. The van der Waals surface area contributed by atoms with Gasteiger partial charge in [-0.15, -0.1) is 0 Å². The predicted octanol–water partition coefficient (Wildman–Crippen LogP) is 1.54. The Balaban J connectivity index is 2.96. The Morgan fingerprint density at radius 2 is 1.86 bits per heavy atom. The molecule has 0 aliphatic heterocycles. The van der Waals surface area contributed by atoms with Crippen LogP contribution in [-0.4, -0.2) is 25.5 Å². The van der Waals surface area contributed by atoms with Crippen LogP contribution in [0.15, 0.2) is 0 Å². The van der Waals surface area contributed by atoms with Gasteiger partial charge in [-0.25, -0.2) is 0 Å². The van der Waals surface area contributed by atoms with Crippen LogP contribution in [0.25, 0.3) is 0 Å². The second-order valence-corrected chi connectivity index (χ2v) is 4.12. The smallest absolute Gasteiger partial charge is 0.216 e. The molecule has 0 bridgehead atoms. The molecule has 0 unspecified atom stereocenters. The highest BCUT2D eigenvalue weighted by molar-refractivity contribution is 5.72. The van der Waals surface area contributed by atoms with Gasteiger partial charge in [0.2, 0.25) is 5.91 Å². The number of carbonyl (C=O) groups is 1. The van der Waals surface area contributed by atoms with Crippen LogP contribution in [0.3, 0.4) is 0 Å². The minimum absolute atomic E-state index is 0.0478. The maximum atomic E-state index is 10.5. The average Bonchev–Trinajstić information content (AvgIpc) is 2.08. The predicted molar refractivity (Wildman–Crippen MR) is 60.2 cm³/mol. The maximum Gasteiger partial charge on any atom is 0.216 e. The lowest BCUT2D eigenvalue weighted by atomic mass is 10.1. The first-order chi connectivity index (χ1) is 6.63. The average molecular weight is 200 g/mol. The zero-order chi connectivity index (χ0) is 10.8. The molecule has 0 aromatic rings. The van der Waals surface area contributed by atoms with E-state index in [0.717, 1.165) is 25.6 Å². The highest BCUT2D eigenvalue weighted by atomic mass is 16.1. The Hall–Kier alpha value is -0.570. The number of unbranched alkanes of at least 4 members (excludes halogenated alkanes) is 1. The number of hydrogen-bond donors (Lipinski definition) is 2. The van der Waals surface area contributed by atoms with Gasteiger partial charge in [-0.05, 0) is 18.9 Å². The van der Waals surface area contributed by atoms with E-state index in [-0.39, 0.29) is 5.91 Å². The van der Waals surface area contributed by atoms with Crippen molar-refractivity contribution in [3.63, 3.8) is 0 Å². The number of amides is 1. The van der Waals surface area contributed by atoms with Crippen molar-refractivity contribution < 1.29 is 4.79 Å². The fourth-order valence-electron chi connectivity index (χ4n) is 1.25. The Bertz CT molecular complexity index is 146. The van der Waals surface area contributed by atoms with E-state index in [2.05, 4.69) is 24.5 Å². The van der Waals surface area contributed by atoms with E-state index in [1.807, 2.05) is 0 Å². The highest BCUT2D eigenvalue weighted by Crippen LogP contribution is 2.04. The lowest BCUT2D eigenvalue weighted by Crippen LogP contribution is -2.30. The van der Waals surface area contributed by atoms with Crippen molar-refractivity contribution in [3.05, 3.63) is 0 Å². The molecule has 3 nitrogen and oxygen atoms in total. The Morgan fingerprint density at radius 3 is 2.43 bits per heavy atom. The summed E-state index contributed by atoms with van der Waals surface area (Å²) < 4.78 is 0. The van der Waals surface area contributed by atoms with E-state index in [1.54, 1.807) is 6.92 Å². The molecular weight excluding hydrogens is 176 g/mol. The van der Waals surface area contributed by atoms with Crippen LogP contribution >= 0.6 is 0 Å². The summed E-state index contributed by atoms with van der Waals surface area (Å²) in [4.78, 5) is 10.5. The SMILES string of the molecule is CC(=O)NCCNCCCCC(C)C. The minimum atomic E-state index is 0.0478. The van der Waals surface area contributed by atoms with Crippen molar-refractivity contribution in [2.45, 2.75) is 40.0 Å². The van der Waals surface area contributed by atoms with Gasteiger partial charge < -0.3 is 10.6 Å². The van der Waals surface area contributed by atoms with Crippen LogP contribution < -0.4 is 10.6 Å². The Morgan fingerprint density at radius 1 is 1.14 bits per heavy atom. The summed E-state index contributed by atoms with van der Waals surface area (Å²) in [6.45, 7) is 8.73. The standard InChI is InChI=1S/C11H24N2O/c1-10(2)6-4-5-7-12-8-9-13-11(3)14/h10,12H,4-9H2,1-3H3,(H,13,14). The molecule has 0 saturated heterocycles. The molecule has 1 amide bonds. The van der Waals surface area contributed by atoms with Crippen molar-refractivity contribution in [3.8, 4) is 0 Å². The minimum Gasteiger partial charge on any atom is -0.355 e. The van der Waals surface area contributed by atoms with Crippen molar-refractivity contribution in [2.75, 3.05) is 19.6 Å². The maximum absolute atomic E-state index is 10.5. The van der Waals surface area contributed by atoms with Crippen molar-refractivity contribution in [1.82, 2.24) is 10.6 Å². The quantitative estimate of drug-likeness (QED) is 0.584. The molecule has 0 spiro atoms. The van der Waals surface area contributed by atoms with Crippen LogP contribution in [0, 0.1) is 5.92 Å². The van der Waals surface area contributed by atoms with Gasteiger partial charge >= 0.3 is 0 Å². The lowest BCUT2D eigenvalue weighted by molar-refractivity contribution is -0.118. The van der Waals surface area contributed by atoms with E-state index < -0.39 is 0 Å². The van der Waals surface area contributed by atoms with Crippen LogP contribution in [0.4, 0.5) is 0 Å². The Kier molecular flexibility index (Phi) is 8.64. The van der Waals surface area contributed by atoms with Gasteiger partial charge in [0.15, 0.2) is 0 Å². The summed E-state index contributed by atoms with van der Waals surface area (Å²) in [6.07, 6.45) is 3.84. The van der Waals surface area contributed by atoms with Crippen LogP contribution in [0.2, 0.25) is 0 Å². The first kappa shape index (κ1) is 13.4. The third-order valence-corrected chi connectivity index (χ3v) is 2.06. The number of nitrogens with one attached hydrogen (secondary N) is 2. The summed E-state index contributed by atoms with van der Waals surface area (Å²) in [5, 5.41) is 6.05. The molecule has 0 fully saturated rings. The first-order valence-electron chi connectivity index (χ1n) is 5.58. The second kappa shape index (κ2) is 9.00. The summed E-state index contributed by atoms with van der Waals surface area (Å²) >= 11 is 0. The third-order valence-electron chi connectivity index (χ3n) is 2.06. The van der Waals surface area contributed by atoms with Crippen molar-refractivity contribution in [2.24, 2.45) is 5.92 Å². The van der Waals surface area contributed by atoms with Crippen molar-refractivity contribution in [1.29, 1.82) is 0 Å². The lowest BCUT2D eigenvalue weighted by Gasteiger charge is -2.06. The molecule has 84 valence electrons. The zero-order valence-corrected chi connectivity index (χ0v) is 9.73. The number of rotatable bonds is 8. The van der Waals surface area contributed by atoms with Crippen LogP contribution in [0.5, 0.6) is 0 Å². The molecule has 0 radical (unpaired) electrons. The van der Waals surface area contributed by atoms with E-state index in [9.17, 15) is 4.79 Å². The van der Waals surface area contributed by atoms with E-state index in [1.165, 1.54) is 19.3 Å². The molecule has 0 rings (SSSR count). The van der Waals surface area contributed by atoms with E-state index in [4.69, 9.17) is 0 Å². The number of hydrogen-bond acceptors (Lipinski definition) is 2. The molecule has 0 aromatic carbocycles. The topological polar surface area (TPSA) is 41.1 Å². The summed E-state index contributed by atoms with van der Waals surface area (Å²) in [6, 6.07) is 0. The molecule has 2 N–H and O–H groups in total. The molecule has 0 atom stereocenters. The van der Waals surface area contributed by atoms with Gasteiger partial charge in [0.1, 0.15) is 0 Å². The fraction of sp³-hybridized carbons (Fsp3) is 0.909. The molecule has 3 heteroatoms.